The number of amides is 1. The molecule has 5 heteroatoms. The maximum atomic E-state index is 13.4. The van der Waals surface area contributed by atoms with E-state index in [2.05, 4.69) is 23.3 Å². The van der Waals surface area contributed by atoms with Gasteiger partial charge in [0.15, 0.2) is 0 Å². The maximum absolute atomic E-state index is 13.4. The zero-order valence-corrected chi connectivity index (χ0v) is 19.6. The van der Waals surface area contributed by atoms with E-state index in [0.717, 1.165) is 28.7 Å². The van der Waals surface area contributed by atoms with Crippen molar-refractivity contribution in [3.8, 4) is 11.3 Å². The van der Waals surface area contributed by atoms with Gasteiger partial charge in [0.05, 0.1) is 5.69 Å². The van der Waals surface area contributed by atoms with E-state index < -0.39 is 0 Å². The fraction of sp³-hybridized carbons (Fsp3) is 0.207. The van der Waals surface area contributed by atoms with Crippen LogP contribution in [0.1, 0.15) is 22.3 Å². The predicted octanol–water partition coefficient (Wildman–Crippen LogP) is 4.80. The fourth-order valence-corrected chi connectivity index (χ4v) is 3.95. The molecule has 0 aliphatic heterocycles. The van der Waals surface area contributed by atoms with E-state index >= 15 is 0 Å². The average Bonchev–Trinajstić information content (AvgIpc) is 2.86. The van der Waals surface area contributed by atoms with E-state index in [4.69, 9.17) is 0 Å². The minimum atomic E-state index is -0.287. The lowest BCUT2D eigenvalue weighted by atomic mass is 10.0. The van der Waals surface area contributed by atoms with E-state index in [-0.39, 0.29) is 18.0 Å². The minimum absolute atomic E-state index is 0.0981. The Labute approximate surface area is 200 Å². The van der Waals surface area contributed by atoms with Gasteiger partial charge in [-0.2, -0.15) is 5.10 Å². The SMILES string of the molecule is Cc1ccc(C)c(-c2ccc(=O)n(CC(=O)N(CCc3ccccc3)Cc3ccccc3)n2)c1. The molecule has 172 valence electrons. The summed E-state index contributed by atoms with van der Waals surface area (Å²) in [5.41, 5.74) is 5.77. The van der Waals surface area contributed by atoms with Crippen LogP contribution in [0.4, 0.5) is 0 Å². The third-order valence-electron chi connectivity index (χ3n) is 5.90. The van der Waals surface area contributed by atoms with Crippen LogP contribution in [0.15, 0.2) is 95.8 Å². The molecule has 0 bridgehead atoms. The highest BCUT2D eigenvalue weighted by Gasteiger charge is 2.17. The molecule has 1 aromatic heterocycles. The Morgan fingerprint density at radius 3 is 2.24 bits per heavy atom. The smallest absolute Gasteiger partial charge is 0.267 e. The molecular formula is C29H29N3O2. The van der Waals surface area contributed by atoms with Crippen molar-refractivity contribution in [1.82, 2.24) is 14.7 Å². The number of nitrogens with zero attached hydrogens (tertiary/aromatic N) is 3. The Bertz CT molecular complexity index is 1310. The summed E-state index contributed by atoms with van der Waals surface area (Å²) in [5, 5.41) is 4.55. The topological polar surface area (TPSA) is 55.2 Å². The van der Waals surface area contributed by atoms with Crippen LogP contribution in [0.5, 0.6) is 0 Å². The molecule has 0 radical (unpaired) electrons. The van der Waals surface area contributed by atoms with E-state index in [0.29, 0.717) is 18.8 Å². The largest absolute Gasteiger partial charge is 0.336 e. The van der Waals surface area contributed by atoms with Crippen molar-refractivity contribution >= 4 is 5.91 Å². The second-order valence-electron chi connectivity index (χ2n) is 8.57. The first-order valence-corrected chi connectivity index (χ1v) is 11.5. The second kappa shape index (κ2) is 10.8. The quantitative estimate of drug-likeness (QED) is 0.387. The summed E-state index contributed by atoms with van der Waals surface area (Å²) in [4.78, 5) is 27.8. The summed E-state index contributed by atoms with van der Waals surface area (Å²) >= 11 is 0. The number of aryl methyl sites for hydroxylation is 2. The molecule has 0 unspecified atom stereocenters. The van der Waals surface area contributed by atoms with Crippen molar-refractivity contribution in [3.63, 3.8) is 0 Å². The Kier molecular flexibility index (Phi) is 7.33. The minimum Gasteiger partial charge on any atom is -0.336 e. The molecular weight excluding hydrogens is 422 g/mol. The van der Waals surface area contributed by atoms with Gasteiger partial charge >= 0.3 is 0 Å². The van der Waals surface area contributed by atoms with Gasteiger partial charge in [-0.3, -0.25) is 9.59 Å². The van der Waals surface area contributed by atoms with Crippen molar-refractivity contribution < 1.29 is 4.79 Å². The highest BCUT2D eigenvalue weighted by Crippen LogP contribution is 2.21. The van der Waals surface area contributed by atoms with Gasteiger partial charge in [0.25, 0.3) is 5.56 Å². The molecule has 0 atom stereocenters. The van der Waals surface area contributed by atoms with Crippen LogP contribution >= 0.6 is 0 Å². The van der Waals surface area contributed by atoms with Crippen molar-refractivity contribution in [2.75, 3.05) is 6.54 Å². The number of hydrogen-bond donors (Lipinski definition) is 0. The molecule has 0 aliphatic rings. The average molecular weight is 452 g/mol. The standard InChI is InChI=1S/C29H29N3O2/c1-22-13-14-23(2)26(19-22)27-15-16-28(33)32(30-27)21-29(34)31(20-25-11-7-4-8-12-25)18-17-24-9-5-3-6-10-24/h3-16,19H,17-18,20-21H2,1-2H3. The van der Waals surface area contributed by atoms with Crippen molar-refractivity contribution in [1.29, 1.82) is 0 Å². The van der Waals surface area contributed by atoms with E-state index in [1.54, 1.807) is 11.0 Å². The van der Waals surface area contributed by atoms with Gasteiger partial charge in [0, 0.05) is 24.7 Å². The lowest BCUT2D eigenvalue weighted by molar-refractivity contribution is -0.132. The predicted molar refractivity (Wildman–Crippen MR) is 135 cm³/mol. The van der Waals surface area contributed by atoms with Gasteiger partial charge in [0.2, 0.25) is 5.91 Å². The summed E-state index contributed by atoms with van der Waals surface area (Å²) < 4.78 is 1.28. The molecule has 0 saturated carbocycles. The van der Waals surface area contributed by atoms with E-state index in [1.807, 2.05) is 74.5 Å². The summed E-state index contributed by atoms with van der Waals surface area (Å²) in [5.74, 6) is -0.132. The zero-order chi connectivity index (χ0) is 23.9. The van der Waals surface area contributed by atoms with Crippen LogP contribution < -0.4 is 5.56 Å². The molecule has 5 nitrogen and oxygen atoms in total. The first-order valence-electron chi connectivity index (χ1n) is 11.5. The summed E-state index contributed by atoms with van der Waals surface area (Å²) in [6.07, 6.45) is 0.740. The number of carbonyl (C=O) groups excluding carboxylic acids is 1. The highest BCUT2D eigenvalue weighted by atomic mass is 16.2. The van der Waals surface area contributed by atoms with Gasteiger partial charge in [-0.05, 0) is 49.1 Å². The van der Waals surface area contributed by atoms with E-state index in [9.17, 15) is 9.59 Å². The molecule has 0 aliphatic carbocycles. The monoisotopic (exact) mass is 451 g/mol. The molecule has 3 aromatic carbocycles. The van der Waals surface area contributed by atoms with Crippen LogP contribution in [0.25, 0.3) is 11.3 Å². The number of benzene rings is 3. The Morgan fingerprint density at radius 2 is 1.53 bits per heavy atom. The Balaban J connectivity index is 1.57. The fourth-order valence-electron chi connectivity index (χ4n) is 3.95. The maximum Gasteiger partial charge on any atom is 0.267 e. The summed E-state index contributed by atoms with van der Waals surface area (Å²) in [6.45, 7) is 4.99. The van der Waals surface area contributed by atoms with Crippen molar-refractivity contribution in [2.24, 2.45) is 0 Å². The molecule has 4 aromatic rings. The number of rotatable bonds is 8. The zero-order valence-electron chi connectivity index (χ0n) is 19.6. The second-order valence-corrected chi connectivity index (χ2v) is 8.57. The number of hydrogen-bond acceptors (Lipinski definition) is 3. The Morgan fingerprint density at radius 1 is 0.853 bits per heavy atom. The van der Waals surface area contributed by atoms with Crippen molar-refractivity contribution in [3.05, 3.63) is 124 Å². The lowest BCUT2D eigenvalue weighted by Crippen LogP contribution is -2.38. The summed E-state index contributed by atoms with van der Waals surface area (Å²) in [6, 6.07) is 29.4. The van der Waals surface area contributed by atoms with Crippen LogP contribution in [0.2, 0.25) is 0 Å². The van der Waals surface area contributed by atoms with Gasteiger partial charge in [-0.15, -0.1) is 0 Å². The third kappa shape index (κ3) is 5.87. The molecule has 0 N–H and O–H groups in total. The van der Waals surface area contributed by atoms with Crippen molar-refractivity contribution in [2.45, 2.75) is 33.4 Å². The first kappa shape index (κ1) is 23.2. The van der Waals surface area contributed by atoms with Crippen LogP contribution in [-0.2, 0) is 24.3 Å². The van der Waals surface area contributed by atoms with Gasteiger partial charge in [0.1, 0.15) is 6.54 Å². The van der Waals surface area contributed by atoms with Crippen LogP contribution in [0.3, 0.4) is 0 Å². The molecule has 0 fully saturated rings. The molecule has 0 spiro atoms. The number of carbonyl (C=O) groups is 1. The third-order valence-corrected chi connectivity index (χ3v) is 5.90. The van der Waals surface area contributed by atoms with Crippen LogP contribution in [0, 0.1) is 13.8 Å². The molecule has 4 rings (SSSR count). The molecule has 1 amide bonds. The lowest BCUT2D eigenvalue weighted by Gasteiger charge is -2.23. The molecule has 34 heavy (non-hydrogen) atoms. The van der Waals surface area contributed by atoms with Gasteiger partial charge in [-0.25, -0.2) is 4.68 Å². The van der Waals surface area contributed by atoms with E-state index in [1.165, 1.54) is 16.3 Å². The Hall–Kier alpha value is -3.99. The highest BCUT2D eigenvalue weighted by molar-refractivity contribution is 5.76. The molecule has 0 saturated heterocycles. The van der Waals surface area contributed by atoms with Gasteiger partial charge < -0.3 is 4.90 Å². The van der Waals surface area contributed by atoms with Gasteiger partial charge in [-0.1, -0.05) is 78.4 Å². The normalized spacial score (nSPS) is 10.8. The molecule has 1 heterocycles. The number of aromatic nitrogens is 2. The van der Waals surface area contributed by atoms with Crippen LogP contribution in [-0.4, -0.2) is 27.1 Å². The first-order chi connectivity index (χ1) is 16.5. The summed E-state index contributed by atoms with van der Waals surface area (Å²) in [7, 11) is 0.